The number of nitrogens with one attached hydrogen (secondary N) is 1. The van der Waals surface area contributed by atoms with E-state index in [0.29, 0.717) is 17.5 Å². The number of sulfonamides is 1. The van der Waals surface area contributed by atoms with E-state index in [4.69, 9.17) is 0 Å². The van der Waals surface area contributed by atoms with Gasteiger partial charge in [0.05, 0.1) is 10.5 Å². The summed E-state index contributed by atoms with van der Waals surface area (Å²) in [5.74, 6) is 0.408. The lowest BCUT2D eigenvalue weighted by atomic mass is 10.2. The lowest BCUT2D eigenvalue weighted by molar-refractivity contribution is -0.137. The topological polar surface area (TPSA) is 89.8 Å². The maximum absolute atomic E-state index is 12.8. The fourth-order valence-corrected chi connectivity index (χ4v) is 3.34. The molecule has 2 aromatic carbocycles. The summed E-state index contributed by atoms with van der Waals surface area (Å²) >= 11 is 0. The van der Waals surface area contributed by atoms with Crippen molar-refractivity contribution in [2.24, 2.45) is 7.05 Å². The Morgan fingerprint density at radius 2 is 1.81 bits per heavy atom. The molecule has 7 nitrogen and oxygen atoms in total. The average Bonchev–Trinajstić information content (AvgIpc) is 3.00. The van der Waals surface area contributed by atoms with Gasteiger partial charge in [-0.05, 0) is 40.8 Å². The largest absolute Gasteiger partial charge is 0.416 e. The highest BCUT2D eigenvalue weighted by Gasteiger charge is 2.31. The van der Waals surface area contributed by atoms with Gasteiger partial charge in [0, 0.05) is 18.3 Å². The highest BCUT2D eigenvalue weighted by Crippen LogP contribution is 2.31. The number of aryl methyl sites for hydroxylation is 1. The minimum atomic E-state index is -4.64. The van der Waals surface area contributed by atoms with Gasteiger partial charge < -0.3 is 0 Å². The van der Waals surface area contributed by atoms with Gasteiger partial charge >= 0.3 is 6.18 Å². The maximum atomic E-state index is 12.8. The summed E-state index contributed by atoms with van der Waals surface area (Å²) in [6.07, 6.45) is -4.64. The molecule has 0 bridgehead atoms. The molecule has 0 fully saturated rings. The highest BCUT2D eigenvalue weighted by atomic mass is 32.2. The van der Waals surface area contributed by atoms with Gasteiger partial charge in [-0.15, -0.1) is 5.10 Å². The van der Waals surface area contributed by atoms with Crippen LogP contribution in [-0.2, 0) is 23.2 Å². The van der Waals surface area contributed by atoms with Crippen molar-refractivity contribution in [1.82, 2.24) is 20.2 Å². The van der Waals surface area contributed by atoms with Crippen LogP contribution in [0.3, 0.4) is 0 Å². The number of aromatic nitrogens is 4. The SMILES string of the molecule is Cn1nnnc1-c1cccc(NS(=O)(=O)c2cccc(C(F)(F)F)c2)c1. The summed E-state index contributed by atoms with van der Waals surface area (Å²) in [6, 6.07) is 9.73. The van der Waals surface area contributed by atoms with E-state index >= 15 is 0 Å². The monoisotopic (exact) mass is 383 g/mol. The van der Waals surface area contributed by atoms with E-state index in [1.54, 1.807) is 19.2 Å². The van der Waals surface area contributed by atoms with Crippen LogP contribution in [0.1, 0.15) is 5.56 Å². The number of nitrogens with zero attached hydrogens (tertiary/aromatic N) is 4. The van der Waals surface area contributed by atoms with Crippen molar-refractivity contribution >= 4 is 15.7 Å². The minimum absolute atomic E-state index is 0.169. The molecule has 1 aromatic heterocycles. The Balaban J connectivity index is 1.92. The van der Waals surface area contributed by atoms with Gasteiger partial charge in [-0.1, -0.05) is 18.2 Å². The van der Waals surface area contributed by atoms with Crippen LogP contribution in [0.2, 0.25) is 0 Å². The summed E-state index contributed by atoms with van der Waals surface area (Å²) < 4.78 is 66.9. The Morgan fingerprint density at radius 3 is 2.46 bits per heavy atom. The molecule has 0 spiro atoms. The molecule has 26 heavy (non-hydrogen) atoms. The summed E-state index contributed by atoms with van der Waals surface area (Å²) in [5, 5.41) is 11.0. The smallest absolute Gasteiger partial charge is 0.280 e. The van der Waals surface area contributed by atoms with Crippen LogP contribution in [0, 0.1) is 0 Å². The average molecular weight is 383 g/mol. The second-order valence-corrected chi connectivity index (χ2v) is 7.02. The van der Waals surface area contributed by atoms with Crippen molar-refractivity contribution in [3.63, 3.8) is 0 Å². The number of tetrazole rings is 1. The standard InChI is InChI=1S/C15H12F3N5O2S/c1-23-14(19-21-22-23)10-4-2-6-12(8-10)20-26(24,25)13-7-3-5-11(9-13)15(16,17)18/h2-9,20H,1H3. The van der Waals surface area contributed by atoms with E-state index in [1.165, 1.54) is 16.8 Å². The van der Waals surface area contributed by atoms with Gasteiger partial charge in [-0.3, -0.25) is 4.72 Å². The first-order chi connectivity index (χ1) is 12.2. The summed E-state index contributed by atoms with van der Waals surface area (Å²) in [7, 11) is -2.58. The van der Waals surface area contributed by atoms with E-state index in [0.717, 1.165) is 18.2 Å². The number of alkyl halides is 3. The summed E-state index contributed by atoms with van der Waals surface area (Å²) in [4.78, 5) is -0.488. The zero-order chi connectivity index (χ0) is 18.9. The van der Waals surface area contributed by atoms with Gasteiger partial charge in [0.25, 0.3) is 10.0 Å². The van der Waals surface area contributed by atoms with E-state index < -0.39 is 26.7 Å². The molecule has 11 heteroatoms. The highest BCUT2D eigenvalue weighted by molar-refractivity contribution is 7.92. The molecule has 0 aliphatic carbocycles. The second kappa shape index (κ2) is 6.41. The molecular formula is C15H12F3N5O2S. The van der Waals surface area contributed by atoms with E-state index in [-0.39, 0.29) is 5.69 Å². The number of benzene rings is 2. The van der Waals surface area contributed by atoms with Crippen molar-refractivity contribution in [2.45, 2.75) is 11.1 Å². The number of halogens is 3. The number of rotatable bonds is 4. The van der Waals surface area contributed by atoms with Gasteiger partial charge in [-0.2, -0.15) is 13.2 Å². The Kier molecular flexibility index (Phi) is 4.40. The maximum Gasteiger partial charge on any atom is 0.416 e. The third-order valence-corrected chi connectivity index (χ3v) is 4.84. The number of hydrogen-bond acceptors (Lipinski definition) is 5. The molecule has 136 valence electrons. The molecule has 1 heterocycles. The van der Waals surface area contributed by atoms with Crippen molar-refractivity contribution in [1.29, 1.82) is 0 Å². The number of hydrogen-bond donors (Lipinski definition) is 1. The molecule has 0 amide bonds. The van der Waals surface area contributed by atoms with Gasteiger partial charge in [0.1, 0.15) is 0 Å². The zero-order valence-electron chi connectivity index (χ0n) is 13.3. The Hall–Kier alpha value is -2.95. The third kappa shape index (κ3) is 3.67. The van der Waals surface area contributed by atoms with Crippen molar-refractivity contribution in [3.05, 3.63) is 54.1 Å². The van der Waals surface area contributed by atoms with Crippen LogP contribution in [0.5, 0.6) is 0 Å². The molecule has 0 aliphatic heterocycles. The summed E-state index contributed by atoms with van der Waals surface area (Å²) in [6.45, 7) is 0. The molecule has 0 aliphatic rings. The Morgan fingerprint density at radius 1 is 1.08 bits per heavy atom. The Bertz CT molecular complexity index is 1050. The van der Waals surface area contributed by atoms with Crippen molar-refractivity contribution < 1.29 is 21.6 Å². The Labute approximate surface area is 146 Å². The van der Waals surface area contributed by atoms with Crippen molar-refractivity contribution in [3.8, 4) is 11.4 Å². The quantitative estimate of drug-likeness (QED) is 0.748. The van der Waals surface area contributed by atoms with E-state index in [1.807, 2.05) is 0 Å². The van der Waals surface area contributed by atoms with Crippen LogP contribution >= 0.6 is 0 Å². The third-order valence-electron chi connectivity index (χ3n) is 3.46. The summed E-state index contributed by atoms with van der Waals surface area (Å²) in [5.41, 5.74) is -0.330. The fourth-order valence-electron chi connectivity index (χ4n) is 2.25. The molecule has 0 unspecified atom stereocenters. The first-order valence-electron chi connectivity index (χ1n) is 7.20. The predicted molar refractivity (Wildman–Crippen MR) is 86.5 cm³/mol. The van der Waals surface area contributed by atoms with Crippen LogP contribution in [0.15, 0.2) is 53.4 Å². The second-order valence-electron chi connectivity index (χ2n) is 5.34. The van der Waals surface area contributed by atoms with E-state index in [2.05, 4.69) is 20.2 Å². The van der Waals surface area contributed by atoms with Gasteiger partial charge in [0.2, 0.25) is 0 Å². The van der Waals surface area contributed by atoms with Gasteiger partial charge in [0.15, 0.2) is 5.82 Å². The molecule has 3 rings (SSSR count). The van der Waals surface area contributed by atoms with Crippen LogP contribution in [0.4, 0.5) is 18.9 Å². The molecule has 0 saturated heterocycles. The lowest BCUT2D eigenvalue weighted by Crippen LogP contribution is -2.14. The van der Waals surface area contributed by atoms with Crippen LogP contribution in [-0.4, -0.2) is 28.6 Å². The normalized spacial score (nSPS) is 12.2. The zero-order valence-corrected chi connectivity index (χ0v) is 14.1. The molecule has 3 aromatic rings. The first-order valence-corrected chi connectivity index (χ1v) is 8.68. The van der Waals surface area contributed by atoms with Gasteiger partial charge in [-0.25, -0.2) is 13.1 Å². The fraction of sp³-hybridized carbons (Fsp3) is 0.133. The molecule has 0 atom stereocenters. The predicted octanol–water partition coefficient (Wildman–Crippen LogP) is 2.70. The first kappa shape index (κ1) is 17.9. The number of anilines is 1. The molecule has 0 saturated carbocycles. The van der Waals surface area contributed by atoms with Crippen LogP contribution < -0.4 is 4.72 Å². The van der Waals surface area contributed by atoms with Crippen LogP contribution in [0.25, 0.3) is 11.4 Å². The van der Waals surface area contributed by atoms with E-state index in [9.17, 15) is 21.6 Å². The molecule has 1 N–H and O–H groups in total. The molecular weight excluding hydrogens is 371 g/mol. The lowest BCUT2D eigenvalue weighted by Gasteiger charge is -2.11. The van der Waals surface area contributed by atoms with Crippen molar-refractivity contribution in [2.75, 3.05) is 4.72 Å². The minimum Gasteiger partial charge on any atom is -0.280 e. The molecule has 0 radical (unpaired) electrons.